The molecule has 0 amide bonds. The average molecular weight is 455 g/mol. The van der Waals surface area contributed by atoms with Crippen molar-refractivity contribution in [1.82, 2.24) is 4.98 Å². The Morgan fingerprint density at radius 1 is 1.12 bits per heavy atom. The van der Waals surface area contributed by atoms with Gasteiger partial charge in [-0.2, -0.15) is 5.26 Å². The van der Waals surface area contributed by atoms with Crippen molar-refractivity contribution in [3.8, 4) is 6.07 Å². The second kappa shape index (κ2) is 7.43. The minimum Gasteiger partial charge on any atom is -0.371 e. The van der Waals surface area contributed by atoms with Gasteiger partial charge >= 0.3 is 0 Å². The summed E-state index contributed by atoms with van der Waals surface area (Å²) < 4.78 is 11.9. The van der Waals surface area contributed by atoms with Crippen LogP contribution in [0.25, 0.3) is 10.9 Å². The molecular weight excluding hydrogens is 424 g/mol. The number of hydrogen-bond donors (Lipinski definition) is 2. The Balaban J connectivity index is 1.45. The summed E-state index contributed by atoms with van der Waals surface area (Å²) in [5.41, 5.74) is 8.56. The van der Waals surface area contributed by atoms with E-state index < -0.39 is 0 Å². The van der Waals surface area contributed by atoms with Crippen LogP contribution in [0.5, 0.6) is 0 Å². The molecule has 2 fully saturated rings. The van der Waals surface area contributed by atoms with Crippen LogP contribution in [0.2, 0.25) is 0 Å². The maximum absolute atomic E-state index is 9.35. The standard InChI is InChI=1S/C28H30N4O2/c1-4-18-14-20-21(15-23(18)32-9-7-28(8-10-32)33-11-12-34-28)27(2,3)26-24(25(20)30)19-6-5-17(16-29)13-22(19)31-26/h5-6,13-15,30-31H,4,7-12H2,1-3H3. The molecule has 6 heteroatoms. The lowest BCUT2D eigenvalue weighted by Crippen LogP contribution is -2.45. The maximum atomic E-state index is 9.35. The summed E-state index contributed by atoms with van der Waals surface area (Å²) in [6.07, 6.45) is 2.66. The molecule has 2 aliphatic heterocycles. The van der Waals surface area contributed by atoms with Crippen molar-refractivity contribution in [2.24, 2.45) is 0 Å². The summed E-state index contributed by atoms with van der Waals surface area (Å²) in [6.45, 7) is 9.85. The van der Waals surface area contributed by atoms with E-state index in [1.807, 2.05) is 18.2 Å². The van der Waals surface area contributed by atoms with E-state index in [1.165, 1.54) is 16.8 Å². The molecule has 1 spiro atoms. The smallest absolute Gasteiger partial charge is 0.171 e. The Bertz CT molecular complexity index is 1360. The van der Waals surface area contributed by atoms with Gasteiger partial charge in [-0.1, -0.05) is 26.8 Å². The molecule has 2 N–H and O–H groups in total. The number of anilines is 1. The number of H-pyrrole nitrogens is 1. The van der Waals surface area contributed by atoms with Gasteiger partial charge in [-0.15, -0.1) is 0 Å². The predicted octanol–water partition coefficient (Wildman–Crippen LogP) is 5.00. The lowest BCUT2D eigenvalue weighted by atomic mass is 9.70. The highest BCUT2D eigenvalue weighted by molar-refractivity contribution is 6.21. The third-order valence-electron chi connectivity index (χ3n) is 8.02. The Morgan fingerprint density at radius 3 is 2.53 bits per heavy atom. The molecule has 2 aromatic carbocycles. The first-order valence-corrected chi connectivity index (χ1v) is 12.2. The van der Waals surface area contributed by atoms with Gasteiger partial charge in [0.2, 0.25) is 0 Å². The largest absolute Gasteiger partial charge is 0.371 e. The Morgan fingerprint density at radius 2 is 1.85 bits per heavy atom. The number of aryl methyl sites for hydroxylation is 1. The predicted molar refractivity (Wildman–Crippen MR) is 133 cm³/mol. The van der Waals surface area contributed by atoms with Crippen LogP contribution in [-0.2, 0) is 21.3 Å². The van der Waals surface area contributed by atoms with Gasteiger partial charge in [0.25, 0.3) is 0 Å². The lowest BCUT2D eigenvalue weighted by Gasteiger charge is -2.41. The van der Waals surface area contributed by atoms with E-state index in [0.717, 1.165) is 60.1 Å². The quantitative estimate of drug-likeness (QED) is 0.571. The number of benzene rings is 2. The molecule has 6 nitrogen and oxygen atoms in total. The van der Waals surface area contributed by atoms with E-state index in [1.54, 1.807) is 0 Å². The zero-order valence-electron chi connectivity index (χ0n) is 20.0. The second-order valence-corrected chi connectivity index (χ2v) is 10.2. The first-order valence-electron chi connectivity index (χ1n) is 12.2. The molecule has 6 rings (SSSR count). The van der Waals surface area contributed by atoms with E-state index in [2.05, 4.69) is 48.9 Å². The van der Waals surface area contributed by atoms with Crippen LogP contribution >= 0.6 is 0 Å². The molecule has 0 bridgehead atoms. The summed E-state index contributed by atoms with van der Waals surface area (Å²) >= 11 is 0. The van der Waals surface area contributed by atoms with Gasteiger partial charge < -0.3 is 19.4 Å². The SMILES string of the molecule is CCc1cc2c(cc1N1CCC3(CC1)OCCO3)C(C)(C)c1[nH]c3cc(C#N)ccc3c1C2=N. The van der Waals surface area contributed by atoms with Gasteiger partial charge in [0.15, 0.2) is 5.79 Å². The normalized spacial score (nSPS) is 20.4. The van der Waals surface area contributed by atoms with Crippen LogP contribution in [-0.4, -0.2) is 42.8 Å². The van der Waals surface area contributed by atoms with Crippen LogP contribution < -0.4 is 4.90 Å². The van der Waals surface area contributed by atoms with E-state index >= 15 is 0 Å². The first kappa shape index (κ1) is 21.4. The van der Waals surface area contributed by atoms with Crippen molar-refractivity contribution in [2.45, 2.75) is 51.2 Å². The van der Waals surface area contributed by atoms with Crippen molar-refractivity contribution in [2.75, 3.05) is 31.2 Å². The number of nitriles is 1. The summed E-state index contributed by atoms with van der Waals surface area (Å²) in [5.74, 6) is -0.389. The number of ether oxygens (including phenoxy) is 2. The number of nitrogens with zero attached hydrogens (tertiary/aromatic N) is 2. The van der Waals surface area contributed by atoms with Crippen molar-refractivity contribution in [1.29, 1.82) is 10.7 Å². The van der Waals surface area contributed by atoms with Gasteiger partial charge in [-0.3, -0.25) is 5.41 Å². The topological polar surface area (TPSA) is 85.1 Å². The number of piperidine rings is 1. The fraction of sp³-hybridized carbons (Fsp3) is 0.429. The molecule has 174 valence electrons. The van der Waals surface area contributed by atoms with Crippen LogP contribution in [0, 0.1) is 16.7 Å². The molecule has 3 aliphatic rings. The Labute approximate surface area is 200 Å². The zero-order chi connectivity index (χ0) is 23.7. The molecule has 0 saturated carbocycles. The fourth-order valence-electron chi connectivity index (χ4n) is 6.07. The lowest BCUT2D eigenvalue weighted by molar-refractivity contribution is -0.169. The van der Waals surface area contributed by atoms with Crippen molar-refractivity contribution >= 4 is 22.3 Å². The summed E-state index contributed by atoms with van der Waals surface area (Å²) in [6, 6.07) is 12.5. The first-order chi connectivity index (χ1) is 16.4. The van der Waals surface area contributed by atoms with Crippen LogP contribution in [0.15, 0.2) is 30.3 Å². The third kappa shape index (κ3) is 2.97. The Kier molecular flexibility index (Phi) is 4.68. The highest BCUT2D eigenvalue weighted by atomic mass is 16.7. The zero-order valence-corrected chi connectivity index (χ0v) is 20.0. The second-order valence-electron chi connectivity index (χ2n) is 10.2. The summed E-state index contributed by atoms with van der Waals surface area (Å²) in [5, 5.41) is 19.6. The fourth-order valence-corrected chi connectivity index (χ4v) is 6.07. The highest BCUT2D eigenvalue weighted by Gasteiger charge is 2.42. The molecule has 0 radical (unpaired) electrons. The van der Waals surface area contributed by atoms with E-state index in [0.29, 0.717) is 24.5 Å². The van der Waals surface area contributed by atoms with E-state index in [9.17, 15) is 10.7 Å². The molecule has 1 aliphatic carbocycles. The van der Waals surface area contributed by atoms with Crippen molar-refractivity contribution < 1.29 is 9.47 Å². The highest BCUT2D eigenvalue weighted by Crippen LogP contribution is 2.46. The van der Waals surface area contributed by atoms with Gasteiger partial charge in [0, 0.05) is 64.8 Å². The number of nitrogens with one attached hydrogen (secondary N) is 2. The van der Waals surface area contributed by atoms with Crippen LogP contribution in [0.3, 0.4) is 0 Å². The third-order valence-corrected chi connectivity index (χ3v) is 8.02. The molecule has 1 aromatic heterocycles. The van der Waals surface area contributed by atoms with E-state index in [-0.39, 0.29) is 11.2 Å². The molecule has 0 unspecified atom stereocenters. The van der Waals surface area contributed by atoms with Gasteiger partial charge in [-0.05, 0) is 41.8 Å². The maximum Gasteiger partial charge on any atom is 0.171 e. The number of aromatic nitrogens is 1. The minimum atomic E-state index is -0.389. The minimum absolute atomic E-state index is 0.295. The number of rotatable bonds is 2. The average Bonchev–Trinajstić information content (AvgIpc) is 3.47. The molecule has 3 aromatic rings. The Hall–Kier alpha value is -3.14. The number of hydrogen-bond acceptors (Lipinski definition) is 5. The molecule has 34 heavy (non-hydrogen) atoms. The van der Waals surface area contributed by atoms with Crippen LogP contribution in [0.1, 0.15) is 67.1 Å². The molecule has 2 saturated heterocycles. The summed E-state index contributed by atoms with van der Waals surface area (Å²) in [7, 11) is 0. The molecule has 0 atom stereocenters. The molecular formula is C28H30N4O2. The van der Waals surface area contributed by atoms with Crippen molar-refractivity contribution in [3.05, 3.63) is 63.8 Å². The summed E-state index contributed by atoms with van der Waals surface area (Å²) in [4.78, 5) is 6.04. The monoisotopic (exact) mass is 454 g/mol. The van der Waals surface area contributed by atoms with Gasteiger partial charge in [-0.25, -0.2) is 0 Å². The van der Waals surface area contributed by atoms with Crippen molar-refractivity contribution in [3.63, 3.8) is 0 Å². The van der Waals surface area contributed by atoms with E-state index in [4.69, 9.17) is 9.47 Å². The van der Waals surface area contributed by atoms with Crippen LogP contribution in [0.4, 0.5) is 5.69 Å². The number of aromatic amines is 1. The van der Waals surface area contributed by atoms with Gasteiger partial charge in [0.1, 0.15) is 0 Å². The number of fused-ring (bicyclic) bond motifs is 4. The van der Waals surface area contributed by atoms with Gasteiger partial charge in [0.05, 0.1) is 30.6 Å². The molecule has 3 heterocycles.